The first-order valence-electron chi connectivity index (χ1n) is 7.16. The Hall–Kier alpha value is -1.42. The zero-order chi connectivity index (χ0) is 13.2. The highest BCUT2D eigenvalue weighted by Gasteiger charge is 2.25. The highest BCUT2D eigenvalue weighted by Crippen LogP contribution is 2.36. The van der Waals surface area contributed by atoms with Crippen LogP contribution in [0.5, 0.6) is 11.5 Å². The van der Waals surface area contributed by atoms with Crippen LogP contribution in [0, 0.1) is 5.92 Å². The van der Waals surface area contributed by atoms with Crippen LogP contribution in [0.3, 0.4) is 0 Å². The van der Waals surface area contributed by atoms with E-state index >= 15 is 0 Å². The fourth-order valence-electron chi connectivity index (χ4n) is 3.16. The molecule has 2 N–H and O–H groups in total. The SMILES string of the molecule is CCCC1CC(N)CN(c2ccc3c(c2)OCO3)C1. The first-order chi connectivity index (χ1) is 9.26. The lowest BCUT2D eigenvalue weighted by molar-refractivity contribution is 0.174. The van der Waals surface area contributed by atoms with Crippen molar-refractivity contribution in [2.45, 2.75) is 32.2 Å². The molecule has 3 rings (SSSR count). The van der Waals surface area contributed by atoms with Gasteiger partial charge in [0.25, 0.3) is 0 Å². The molecule has 104 valence electrons. The maximum Gasteiger partial charge on any atom is 0.231 e. The highest BCUT2D eigenvalue weighted by atomic mass is 16.7. The van der Waals surface area contributed by atoms with Gasteiger partial charge in [0.1, 0.15) is 0 Å². The largest absolute Gasteiger partial charge is 0.454 e. The second kappa shape index (κ2) is 5.29. The summed E-state index contributed by atoms with van der Waals surface area (Å²) in [5.74, 6) is 2.40. The fourth-order valence-corrected chi connectivity index (χ4v) is 3.16. The Labute approximate surface area is 114 Å². The van der Waals surface area contributed by atoms with Gasteiger partial charge in [-0.15, -0.1) is 0 Å². The molecule has 1 aromatic carbocycles. The van der Waals surface area contributed by atoms with E-state index in [0.29, 0.717) is 12.7 Å². The summed E-state index contributed by atoms with van der Waals surface area (Å²) in [5, 5.41) is 0. The van der Waals surface area contributed by atoms with Gasteiger partial charge in [-0.2, -0.15) is 0 Å². The van der Waals surface area contributed by atoms with Crippen molar-refractivity contribution in [1.82, 2.24) is 0 Å². The lowest BCUT2D eigenvalue weighted by Gasteiger charge is -2.38. The molecule has 0 amide bonds. The average molecular weight is 262 g/mol. The third kappa shape index (κ3) is 2.63. The summed E-state index contributed by atoms with van der Waals surface area (Å²) >= 11 is 0. The summed E-state index contributed by atoms with van der Waals surface area (Å²) in [6.07, 6.45) is 3.63. The number of benzene rings is 1. The van der Waals surface area contributed by atoms with Gasteiger partial charge in [-0.25, -0.2) is 0 Å². The van der Waals surface area contributed by atoms with Gasteiger partial charge < -0.3 is 20.1 Å². The van der Waals surface area contributed by atoms with Gasteiger partial charge in [0.05, 0.1) is 0 Å². The van der Waals surface area contributed by atoms with Crippen molar-refractivity contribution < 1.29 is 9.47 Å². The molecule has 19 heavy (non-hydrogen) atoms. The van der Waals surface area contributed by atoms with Crippen molar-refractivity contribution in [3.8, 4) is 11.5 Å². The number of hydrogen-bond donors (Lipinski definition) is 1. The number of piperidine rings is 1. The summed E-state index contributed by atoms with van der Waals surface area (Å²) < 4.78 is 10.8. The number of rotatable bonds is 3. The second-order valence-corrected chi connectivity index (χ2v) is 5.59. The molecule has 0 radical (unpaired) electrons. The molecule has 2 aliphatic heterocycles. The van der Waals surface area contributed by atoms with Crippen molar-refractivity contribution >= 4 is 5.69 Å². The standard InChI is InChI=1S/C15H22N2O2/c1-2-3-11-6-12(16)9-17(8-11)13-4-5-14-15(7-13)19-10-18-14/h4-5,7,11-12H,2-3,6,8-10,16H2,1H3. The molecule has 0 saturated carbocycles. The van der Waals surface area contributed by atoms with Gasteiger partial charge in [-0.3, -0.25) is 0 Å². The maximum absolute atomic E-state index is 6.20. The molecule has 2 heterocycles. The van der Waals surface area contributed by atoms with Crippen LogP contribution in [0.15, 0.2) is 18.2 Å². The Morgan fingerprint density at radius 2 is 2.11 bits per heavy atom. The predicted molar refractivity (Wildman–Crippen MR) is 75.8 cm³/mol. The van der Waals surface area contributed by atoms with Gasteiger partial charge in [0.2, 0.25) is 6.79 Å². The van der Waals surface area contributed by atoms with Crippen LogP contribution in [-0.2, 0) is 0 Å². The number of nitrogens with two attached hydrogens (primary N) is 1. The second-order valence-electron chi connectivity index (χ2n) is 5.59. The number of hydrogen-bond acceptors (Lipinski definition) is 4. The number of fused-ring (bicyclic) bond motifs is 1. The summed E-state index contributed by atoms with van der Waals surface area (Å²) in [7, 11) is 0. The highest BCUT2D eigenvalue weighted by molar-refractivity contribution is 5.57. The molecule has 0 aromatic heterocycles. The van der Waals surface area contributed by atoms with Gasteiger partial charge >= 0.3 is 0 Å². The quantitative estimate of drug-likeness (QED) is 0.908. The lowest BCUT2D eigenvalue weighted by Crippen LogP contribution is -2.47. The zero-order valence-corrected chi connectivity index (χ0v) is 11.5. The van der Waals surface area contributed by atoms with Crippen molar-refractivity contribution in [3.63, 3.8) is 0 Å². The Morgan fingerprint density at radius 3 is 2.95 bits per heavy atom. The number of anilines is 1. The van der Waals surface area contributed by atoms with Gasteiger partial charge in [-0.1, -0.05) is 13.3 Å². The van der Waals surface area contributed by atoms with Crippen LogP contribution in [0.1, 0.15) is 26.2 Å². The van der Waals surface area contributed by atoms with E-state index in [1.54, 1.807) is 0 Å². The molecule has 2 unspecified atom stereocenters. The minimum atomic E-state index is 0.274. The van der Waals surface area contributed by atoms with E-state index in [4.69, 9.17) is 15.2 Å². The minimum Gasteiger partial charge on any atom is -0.454 e. The van der Waals surface area contributed by atoms with Crippen molar-refractivity contribution in [3.05, 3.63) is 18.2 Å². The summed E-state index contributed by atoms with van der Waals surface area (Å²) in [6.45, 7) is 4.60. The molecule has 2 atom stereocenters. The molecule has 4 nitrogen and oxygen atoms in total. The van der Waals surface area contributed by atoms with E-state index in [9.17, 15) is 0 Å². The predicted octanol–water partition coefficient (Wildman–Crippen LogP) is 2.37. The van der Waals surface area contributed by atoms with E-state index in [1.165, 1.54) is 18.5 Å². The fraction of sp³-hybridized carbons (Fsp3) is 0.600. The van der Waals surface area contributed by atoms with E-state index in [0.717, 1.165) is 31.0 Å². The van der Waals surface area contributed by atoms with E-state index in [2.05, 4.69) is 24.0 Å². The molecule has 0 spiro atoms. The summed E-state index contributed by atoms with van der Waals surface area (Å²) in [6, 6.07) is 6.45. The molecule has 4 heteroatoms. The zero-order valence-electron chi connectivity index (χ0n) is 11.5. The van der Waals surface area contributed by atoms with Crippen LogP contribution in [-0.4, -0.2) is 25.9 Å². The molecule has 0 bridgehead atoms. The first-order valence-corrected chi connectivity index (χ1v) is 7.16. The smallest absolute Gasteiger partial charge is 0.231 e. The topological polar surface area (TPSA) is 47.7 Å². The maximum atomic E-state index is 6.20. The molecule has 0 aliphatic carbocycles. The Balaban J connectivity index is 1.77. The minimum absolute atomic E-state index is 0.274. The molecule has 2 aliphatic rings. The summed E-state index contributed by atoms with van der Waals surface area (Å²) in [4.78, 5) is 2.39. The number of ether oxygens (including phenoxy) is 2. The van der Waals surface area contributed by atoms with E-state index in [1.807, 2.05) is 6.07 Å². The van der Waals surface area contributed by atoms with Crippen molar-refractivity contribution in [1.29, 1.82) is 0 Å². The van der Waals surface area contributed by atoms with Crippen LogP contribution in [0.2, 0.25) is 0 Å². The van der Waals surface area contributed by atoms with Crippen molar-refractivity contribution in [2.24, 2.45) is 11.7 Å². The van der Waals surface area contributed by atoms with Crippen LogP contribution >= 0.6 is 0 Å². The van der Waals surface area contributed by atoms with Gasteiger partial charge in [0.15, 0.2) is 11.5 Å². The molecule has 1 aromatic rings. The molecule has 1 fully saturated rings. The van der Waals surface area contributed by atoms with Crippen LogP contribution < -0.4 is 20.1 Å². The van der Waals surface area contributed by atoms with E-state index in [-0.39, 0.29) is 6.04 Å². The normalized spacial score (nSPS) is 25.7. The molecular weight excluding hydrogens is 240 g/mol. The summed E-state index contributed by atoms with van der Waals surface area (Å²) in [5.41, 5.74) is 7.39. The van der Waals surface area contributed by atoms with Gasteiger partial charge in [-0.05, 0) is 30.9 Å². The number of nitrogens with zero attached hydrogens (tertiary/aromatic N) is 1. The average Bonchev–Trinajstić information content (AvgIpc) is 2.85. The van der Waals surface area contributed by atoms with Crippen LogP contribution in [0.25, 0.3) is 0 Å². The molecular formula is C15H22N2O2. The van der Waals surface area contributed by atoms with Gasteiger partial charge in [0, 0.05) is 30.9 Å². The Kier molecular flexibility index (Phi) is 3.51. The monoisotopic (exact) mass is 262 g/mol. The lowest BCUT2D eigenvalue weighted by atomic mass is 9.90. The Bertz CT molecular complexity index is 450. The van der Waals surface area contributed by atoms with E-state index < -0.39 is 0 Å². The van der Waals surface area contributed by atoms with Crippen molar-refractivity contribution in [2.75, 3.05) is 24.8 Å². The van der Waals surface area contributed by atoms with Crippen LogP contribution in [0.4, 0.5) is 5.69 Å². The first kappa shape index (κ1) is 12.6. The third-order valence-corrected chi connectivity index (χ3v) is 3.99. The third-order valence-electron chi connectivity index (χ3n) is 3.99. The Morgan fingerprint density at radius 1 is 1.26 bits per heavy atom. The molecule has 1 saturated heterocycles.